The fourth-order valence-electron chi connectivity index (χ4n) is 0. The van der Waals surface area contributed by atoms with E-state index in [1.165, 1.54) is 0 Å². The van der Waals surface area contributed by atoms with Crippen LogP contribution in [0.3, 0.4) is 0 Å². The zero-order valence-corrected chi connectivity index (χ0v) is 9.83. The van der Waals surface area contributed by atoms with Gasteiger partial charge in [0.05, 0.1) is 0 Å². The Morgan fingerprint density at radius 1 is 1.25 bits per heavy atom. The molecule has 0 aliphatic carbocycles. The molecule has 0 fully saturated rings. The average molecular weight is 197 g/mol. The topological polar surface area (TPSA) is 89.0 Å². The van der Waals surface area contributed by atoms with Crippen LogP contribution in [-0.2, 0) is 19.5 Å². The van der Waals surface area contributed by atoms with E-state index in [-0.39, 0.29) is 65.4 Å². The summed E-state index contributed by atoms with van der Waals surface area (Å²) in [7, 11) is 0. The molecule has 0 unspecified atom stereocenters. The van der Waals surface area contributed by atoms with Crippen LogP contribution in [-0.4, -0.2) is 62.3 Å². The first-order valence-corrected chi connectivity index (χ1v) is 0.651. The largest absolute Gasteiger partial charge is 3.00 e. The van der Waals surface area contributed by atoms with Gasteiger partial charge in [0.1, 0.15) is 0 Å². The van der Waals surface area contributed by atoms with E-state index in [0.29, 0.717) is 0 Å². The smallest absolute Gasteiger partial charge is 0.450 e. The molecule has 0 rings (SSSR count). The van der Waals surface area contributed by atoms with Crippen molar-refractivity contribution < 1.29 is 40.0 Å². The Labute approximate surface area is 86.0 Å². The summed E-state index contributed by atoms with van der Waals surface area (Å²) in [6, 6.07) is 0. The minimum atomic E-state index is -1.83. The summed E-state index contributed by atoms with van der Waals surface area (Å²) in [6.45, 7) is 0. The Hall–Kier alpha value is 1.15. The van der Waals surface area contributed by atoms with Crippen LogP contribution in [0.4, 0.5) is 4.79 Å². The van der Waals surface area contributed by atoms with E-state index in [0.717, 1.165) is 0 Å². The molecule has 32 valence electrons. The van der Waals surface area contributed by atoms with Gasteiger partial charge in [-0.1, -0.05) is 0 Å². The molecule has 0 aliphatic heterocycles. The second-order valence-corrected chi connectivity index (χ2v) is 0.283. The average Bonchev–Trinajstić information content (AvgIpc) is 0.811. The predicted octanol–water partition coefficient (Wildman–Crippen LogP) is -1.37. The summed E-state index contributed by atoms with van der Waals surface area (Å²) in [5.41, 5.74) is 0. The summed E-state index contributed by atoms with van der Waals surface area (Å²) in [5, 5.41) is 13.9. The van der Waals surface area contributed by atoms with Crippen molar-refractivity contribution in [2.45, 2.75) is 0 Å². The Bertz CT molecular complexity index is 39.0. The van der Waals surface area contributed by atoms with Gasteiger partial charge in [0.25, 0.3) is 0 Å². The van der Waals surface area contributed by atoms with Gasteiger partial charge in [-0.15, -0.1) is 0 Å². The number of hydrogen-bond donors (Lipinski definition) is 2. The molecule has 8 heavy (non-hydrogen) atoms. The van der Waals surface area contributed by atoms with Gasteiger partial charge < -0.3 is 15.7 Å². The van der Waals surface area contributed by atoms with Crippen molar-refractivity contribution in [3.63, 3.8) is 0 Å². The summed E-state index contributed by atoms with van der Waals surface area (Å²) in [4.78, 5) is 8.56. The molecule has 4 N–H and O–H groups in total. The van der Waals surface area contributed by atoms with Crippen LogP contribution in [0.1, 0.15) is 0 Å². The Morgan fingerprint density at radius 3 is 1.25 bits per heavy atom. The Balaban J connectivity index is -0.00000000750. The second-order valence-electron chi connectivity index (χ2n) is 0.283. The molecule has 0 radical (unpaired) electrons. The van der Waals surface area contributed by atoms with Crippen LogP contribution < -0.4 is 0 Å². The van der Waals surface area contributed by atoms with E-state index in [4.69, 9.17) is 15.0 Å². The molecule has 0 aliphatic rings. The molecule has 0 atom stereocenters. The van der Waals surface area contributed by atoms with E-state index in [1.54, 1.807) is 0 Å². The van der Waals surface area contributed by atoms with Crippen LogP contribution in [0.15, 0.2) is 0 Å². The van der Waals surface area contributed by atoms with Gasteiger partial charge >= 0.3 is 66.0 Å². The SMILES string of the molecule is O.O=C(O)O.[Al+3].[Mg+2].[Zn+2]. The Morgan fingerprint density at radius 2 is 1.25 bits per heavy atom. The molecule has 0 bridgehead atoms. The maximum atomic E-state index is 8.56. The normalized spacial score (nSPS) is 3.00. The van der Waals surface area contributed by atoms with Crippen molar-refractivity contribution in [3.05, 3.63) is 0 Å². The summed E-state index contributed by atoms with van der Waals surface area (Å²) < 4.78 is 0. The number of carboxylic acid groups (broad SMARTS) is 2. The van der Waals surface area contributed by atoms with E-state index in [9.17, 15) is 0 Å². The second kappa shape index (κ2) is 24.2. The summed E-state index contributed by atoms with van der Waals surface area (Å²) >= 11 is 0. The minimum absolute atomic E-state index is 0. The monoisotopic (exact) mass is 195 g/mol. The molecular weight excluding hydrogens is 193 g/mol. The molecule has 0 spiro atoms. The van der Waals surface area contributed by atoms with E-state index < -0.39 is 6.16 Å². The van der Waals surface area contributed by atoms with E-state index >= 15 is 0 Å². The van der Waals surface area contributed by atoms with Crippen molar-refractivity contribution in [2.75, 3.05) is 0 Å². The maximum Gasteiger partial charge on any atom is 3.00 e. The van der Waals surface area contributed by atoms with Crippen LogP contribution in [0.25, 0.3) is 0 Å². The van der Waals surface area contributed by atoms with Crippen molar-refractivity contribution in [1.82, 2.24) is 0 Å². The van der Waals surface area contributed by atoms with Gasteiger partial charge in [0, 0.05) is 0 Å². The maximum absolute atomic E-state index is 8.56. The van der Waals surface area contributed by atoms with Crippen molar-refractivity contribution in [3.8, 4) is 0 Å². The number of carbonyl (C=O) groups is 1. The van der Waals surface area contributed by atoms with Crippen molar-refractivity contribution in [2.24, 2.45) is 0 Å². The molecule has 0 amide bonds. The van der Waals surface area contributed by atoms with Gasteiger partial charge in [-0.2, -0.15) is 0 Å². The van der Waals surface area contributed by atoms with Crippen molar-refractivity contribution >= 4 is 46.6 Å². The third-order valence-corrected chi connectivity index (χ3v) is 0. The van der Waals surface area contributed by atoms with Crippen molar-refractivity contribution in [1.29, 1.82) is 0 Å². The molecule has 0 saturated carbocycles. The number of hydrogen-bond acceptors (Lipinski definition) is 1. The number of rotatable bonds is 0. The molecule has 0 aromatic rings. The van der Waals surface area contributed by atoms with Gasteiger partial charge in [-0.25, -0.2) is 4.79 Å². The fourth-order valence-corrected chi connectivity index (χ4v) is 0. The molecule has 4 nitrogen and oxygen atoms in total. The molecule has 7 heteroatoms. The molecular formula is CH4AlMgO4Zn+7. The molecule has 0 aromatic heterocycles. The summed E-state index contributed by atoms with van der Waals surface area (Å²) in [6.07, 6.45) is -1.83. The third-order valence-electron chi connectivity index (χ3n) is 0. The third kappa shape index (κ3) is 204. The van der Waals surface area contributed by atoms with Crippen LogP contribution in [0.2, 0.25) is 0 Å². The zero-order chi connectivity index (χ0) is 3.58. The zero-order valence-electron chi connectivity index (χ0n) is 4.29. The summed E-state index contributed by atoms with van der Waals surface area (Å²) in [5.74, 6) is 0. The Kier molecular flexibility index (Phi) is 107. The van der Waals surface area contributed by atoms with E-state index in [1.807, 2.05) is 0 Å². The first kappa shape index (κ1) is 35.3. The van der Waals surface area contributed by atoms with Gasteiger partial charge in [-0.05, 0) is 0 Å². The van der Waals surface area contributed by atoms with Crippen LogP contribution in [0, 0.1) is 0 Å². The molecule has 0 saturated heterocycles. The van der Waals surface area contributed by atoms with Gasteiger partial charge in [0.2, 0.25) is 0 Å². The molecule has 0 aromatic carbocycles. The molecule has 0 heterocycles. The predicted molar refractivity (Wildman–Crippen MR) is 25.8 cm³/mol. The first-order valence-electron chi connectivity index (χ1n) is 0.651. The quantitative estimate of drug-likeness (QED) is 0.469. The van der Waals surface area contributed by atoms with Crippen LogP contribution in [0.5, 0.6) is 0 Å². The fraction of sp³-hybridized carbons (Fsp3) is 0. The van der Waals surface area contributed by atoms with Gasteiger partial charge in [-0.3, -0.25) is 0 Å². The minimum Gasteiger partial charge on any atom is -0.450 e. The van der Waals surface area contributed by atoms with Crippen LogP contribution >= 0.6 is 0 Å². The van der Waals surface area contributed by atoms with Gasteiger partial charge in [0.15, 0.2) is 0 Å². The standard InChI is InChI=1S/CH2O3.Al.Mg.H2O.Zn/c2-1(3)4;;;;/h(H2,2,3,4);;;1H2;/q;+3;+2;;+2. The van der Waals surface area contributed by atoms with E-state index in [2.05, 4.69) is 0 Å². The first-order chi connectivity index (χ1) is 1.73.